The highest BCUT2D eigenvalue weighted by molar-refractivity contribution is 6.31. The smallest absolute Gasteiger partial charge is 0.335 e. The Hall–Kier alpha value is -4.78. The number of Topliss-reactive ketones (excluding diaryl/α,β-unsaturated/α-hetero) is 1. The topological polar surface area (TPSA) is 112 Å². The number of carbonyl (C=O) groups excluding carboxylic acids is 2. The first-order valence-corrected chi connectivity index (χ1v) is 14.2. The normalized spacial score (nSPS) is 15.4. The van der Waals surface area contributed by atoms with Crippen molar-refractivity contribution in [1.82, 2.24) is 4.90 Å². The predicted molar refractivity (Wildman–Crippen MR) is 165 cm³/mol. The molecular weight excluding hydrogens is 542 g/mol. The van der Waals surface area contributed by atoms with Crippen LogP contribution in [0.2, 0.25) is 0 Å². The lowest BCUT2D eigenvalue weighted by Crippen LogP contribution is -2.26. The van der Waals surface area contributed by atoms with Crippen molar-refractivity contribution in [3.05, 3.63) is 117 Å². The van der Waals surface area contributed by atoms with E-state index in [2.05, 4.69) is 41.5 Å². The van der Waals surface area contributed by atoms with Crippen LogP contribution in [0.1, 0.15) is 96.5 Å². The summed E-state index contributed by atoms with van der Waals surface area (Å²) in [7, 11) is 0. The number of amides is 1. The quantitative estimate of drug-likeness (QED) is 0.331. The number of carboxylic acid groups (broad SMARTS) is 2. The van der Waals surface area contributed by atoms with E-state index < -0.39 is 11.9 Å². The summed E-state index contributed by atoms with van der Waals surface area (Å²) in [5, 5.41) is 19.2. The van der Waals surface area contributed by atoms with Gasteiger partial charge in [0.25, 0.3) is 5.91 Å². The molecule has 1 aliphatic carbocycles. The number of carbonyl (C=O) groups is 4. The van der Waals surface area contributed by atoms with E-state index in [-0.39, 0.29) is 46.6 Å². The van der Waals surface area contributed by atoms with Crippen molar-refractivity contribution in [3.8, 4) is 0 Å². The molecule has 3 aromatic rings. The molecule has 1 aliphatic heterocycles. The second-order valence-corrected chi connectivity index (χ2v) is 13.3. The third-order valence-corrected chi connectivity index (χ3v) is 8.08. The van der Waals surface area contributed by atoms with Gasteiger partial charge in [0, 0.05) is 6.42 Å². The van der Waals surface area contributed by atoms with Crippen molar-refractivity contribution in [2.24, 2.45) is 0 Å². The van der Waals surface area contributed by atoms with Crippen molar-refractivity contribution in [2.45, 2.75) is 65.3 Å². The van der Waals surface area contributed by atoms with Gasteiger partial charge in [-0.3, -0.25) is 9.59 Å². The van der Waals surface area contributed by atoms with Gasteiger partial charge in [0.2, 0.25) is 0 Å². The highest BCUT2D eigenvalue weighted by atomic mass is 16.4. The molecule has 1 heterocycles. The van der Waals surface area contributed by atoms with Crippen LogP contribution in [0.15, 0.2) is 77.9 Å². The number of rotatable bonds is 6. The Morgan fingerprint density at radius 1 is 0.698 bits per heavy atom. The molecule has 0 saturated carbocycles. The van der Waals surface area contributed by atoms with Crippen LogP contribution < -0.4 is 0 Å². The van der Waals surface area contributed by atoms with Crippen LogP contribution in [0.5, 0.6) is 0 Å². The molecule has 220 valence electrons. The number of hydrogen-bond donors (Lipinski definition) is 2. The molecule has 43 heavy (non-hydrogen) atoms. The van der Waals surface area contributed by atoms with E-state index in [1.807, 2.05) is 48.5 Å². The minimum Gasteiger partial charge on any atom is -0.478 e. The highest BCUT2D eigenvalue weighted by Crippen LogP contribution is 2.47. The third-order valence-electron chi connectivity index (χ3n) is 8.08. The Morgan fingerprint density at radius 2 is 1.16 bits per heavy atom. The zero-order chi connectivity index (χ0) is 31.4. The van der Waals surface area contributed by atoms with Crippen molar-refractivity contribution in [2.75, 3.05) is 0 Å². The summed E-state index contributed by atoms with van der Waals surface area (Å²) in [6.45, 7) is 12.6. The molecule has 7 nitrogen and oxygen atoms in total. The van der Waals surface area contributed by atoms with Crippen molar-refractivity contribution < 1.29 is 29.4 Å². The Bertz CT molecular complexity index is 1710. The number of nitrogens with zero attached hydrogens (tertiary/aromatic N) is 1. The summed E-state index contributed by atoms with van der Waals surface area (Å²) < 4.78 is 0. The largest absolute Gasteiger partial charge is 0.478 e. The Kier molecular flexibility index (Phi) is 7.25. The molecule has 1 amide bonds. The second-order valence-electron chi connectivity index (χ2n) is 13.3. The molecule has 0 aromatic heterocycles. The van der Waals surface area contributed by atoms with Gasteiger partial charge in [-0.05, 0) is 62.4 Å². The van der Waals surface area contributed by atoms with Gasteiger partial charge >= 0.3 is 11.9 Å². The molecule has 5 rings (SSSR count). The monoisotopic (exact) mass is 577 g/mol. The van der Waals surface area contributed by atoms with Crippen molar-refractivity contribution >= 4 is 34.9 Å². The number of fused-ring (bicyclic) bond motifs is 1. The zero-order valence-electron chi connectivity index (χ0n) is 25.2. The van der Waals surface area contributed by atoms with Gasteiger partial charge in [-0.2, -0.15) is 0 Å². The third kappa shape index (κ3) is 5.55. The fourth-order valence-corrected chi connectivity index (χ4v) is 5.70. The van der Waals surface area contributed by atoms with E-state index in [0.717, 1.165) is 22.8 Å². The van der Waals surface area contributed by atoms with Gasteiger partial charge in [-0.15, -0.1) is 0 Å². The number of allylic oxidation sites excluding steroid dienone is 1. The van der Waals surface area contributed by atoms with Gasteiger partial charge in [0.1, 0.15) is 0 Å². The first-order chi connectivity index (χ1) is 20.1. The standard InChI is InChI=1S/C36H35NO6/c1-35(2,3)25-11-7-21(8-12-25)27-18-28(38)30-29(27)32(39)37(31(30)22-9-13-26(14-10-22)36(4,5)6)19-20-15-23(33(40)41)17-24(16-20)34(42)43/h7-17H,18-19H2,1-6H3,(H,40,41)(H,42,43). The number of benzene rings is 3. The first-order valence-electron chi connectivity index (χ1n) is 14.2. The SMILES string of the molecule is CC(C)(C)c1ccc(C2=C3C(=O)N(Cc4cc(C(=O)O)cc(C(=O)O)c4)C(c4ccc(C(C)(C)C)cc4)=C3C(=O)C2)cc1. The minimum absolute atomic E-state index is 0.0570. The van der Waals surface area contributed by atoms with Crippen LogP contribution in [-0.4, -0.2) is 38.7 Å². The predicted octanol–water partition coefficient (Wildman–Crippen LogP) is 6.86. The fourth-order valence-electron chi connectivity index (χ4n) is 5.70. The Balaban J connectivity index is 1.68. The maximum Gasteiger partial charge on any atom is 0.335 e. The Labute approximate surface area is 251 Å². The van der Waals surface area contributed by atoms with Gasteiger partial charge in [-0.25, -0.2) is 9.59 Å². The first kappa shape index (κ1) is 29.7. The van der Waals surface area contributed by atoms with Crippen molar-refractivity contribution in [1.29, 1.82) is 0 Å². The molecule has 0 bridgehead atoms. The van der Waals surface area contributed by atoms with Crippen LogP contribution in [0, 0.1) is 0 Å². The molecule has 0 unspecified atom stereocenters. The van der Waals surface area contributed by atoms with E-state index in [4.69, 9.17) is 0 Å². The lowest BCUT2D eigenvalue weighted by atomic mass is 9.86. The molecule has 0 atom stereocenters. The number of carboxylic acids is 2. The summed E-state index contributed by atoms with van der Waals surface area (Å²) in [5.74, 6) is -3.09. The Morgan fingerprint density at radius 3 is 1.60 bits per heavy atom. The molecule has 0 fully saturated rings. The number of ketones is 1. The van der Waals surface area contributed by atoms with Gasteiger partial charge in [-0.1, -0.05) is 90.1 Å². The number of aromatic carboxylic acids is 2. The lowest BCUT2D eigenvalue weighted by molar-refractivity contribution is -0.123. The average molecular weight is 578 g/mol. The molecule has 0 saturated heterocycles. The van der Waals surface area contributed by atoms with Gasteiger partial charge in [0.15, 0.2) is 5.78 Å². The molecule has 3 aromatic carbocycles. The van der Waals surface area contributed by atoms with Crippen LogP contribution in [0.3, 0.4) is 0 Å². The fraction of sp³-hybridized carbons (Fsp3) is 0.278. The van der Waals surface area contributed by atoms with Gasteiger partial charge in [0.05, 0.1) is 34.5 Å². The summed E-state index contributed by atoms with van der Waals surface area (Å²) in [6.07, 6.45) is 0.0976. The molecule has 2 N–H and O–H groups in total. The second kappa shape index (κ2) is 10.5. The maximum atomic E-state index is 14.2. The van der Waals surface area contributed by atoms with Crippen molar-refractivity contribution in [3.63, 3.8) is 0 Å². The number of hydrogen-bond acceptors (Lipinski definition) is 4. The highest BCUT2D eigenvalue weighted by Gasteiger charge is 2.45. The van der Waals surface area contributed by atoms with E-state index >= 15 is 0 Å². The van der Waals surface area contributed by atoms with Crippen LogP contribution in [0.4, 0.5) is 0 Å². The zero-order valence-corrected chi connectivity index (χ0v) is 25.2. The van der Waals surface area contributed by atoms with Crippen LogP contribution in [0.25, 0.3) is 11.3 Å². The minimum atomic E-state index is -1.27. The molecule has 2 aliphatic rings. The van der Waals surface area contributed by atoms with E-state index in [1.54, 1.807) is 0 Å². The van der Waals surface area contributed by atoms with Crippen LogP contribution >= 0.6 is 0 Å². The van der Waals surface area contributed by atoms with E-state index in [0.29, 0.717) is 33.5 Å². The maximum absolute atomic E-state index is 14.2. The summed E-state index contributed by atoms with van der Waals surface area (Å²) in [4.78, 5) is 52.9. The van der Waals surface area contributed by atoms with Gasteiger partial charge < -0.3 is 15.1 Å². The molecule has 0 spiro atoms. The van der Waals surface area contributed by atoms with Crippen LogP contribution in [-0.2, 0) is 27.0 Å². The molecule has 0 radical (unpaired) electrons. The summed E-state index contributed by atoms with van der Waals surface area (Å²) in [5.41, 5.74) is 5.27. The van der Waals surface area contributed by atoms with E-state index in [9.17, 15) is 29.4 Å². The molecular formula is C36H35NO6. The summed E-state index contributed by atoms with van der Waals surface area (Å²) in [6, 6.07) is 19.5. The summed E-state index contributed by atoms with van der Waals surface area (Å²) >= 11 is 0. The lowest BCUT2D eigenvalue weighted by Gasteiger charge is -2.24. The van der Waals surface area contributed by atoms with E-state index in [1.165, 1.54) is 17.0 Å². The molecule has 7 heteroatoms. The average Bonchev–Trinajstić information content (AvgIpc) is 3.42.